The quantitative estimate of drug-likeness (QED) is 0.614. The average molecular weight is 303 g/mol. The summed E-state index contributed by atoms with van der Waals surface area (Å²) in [5.74, 6) is -1.13. The van der Waals surface area contributed by atoms with E-state index in [-0.39, 0.29) is 11.1 Å². The lowest BCUT2D eigenvalue weighted by Gasteiger charge is -2.28. The van der Waals surface area contributed by atoms with Crippen LogP contribution in [0.3, 0.4) is 0 Å². The molecule has 1 atom stereocenters. The predicted octanol–water partition coefficient (Wildman–Crippen LogP) is 3.86. The van der Waals surface area contributed by atoms with Crippen molar-refractivity contribution < 1.29 is 14.3 Å². The van der Waals surface area contributed by atoms with Crippen molar-refractivity contribution in [2.75, 3.05) is 0 Å². The van der Waals surface area contributed by atoms with Crippen LogP contribution in [0.15, 0.2) is 35.9 Å². The standard InChI is InChI=1S/C18H25NO3/c1-5-18(4,12-8-9-13(2)3)22-17(21)15-11-7-6-10-14(15)16(19)20/h6-7,9-11H,5,8,12H2,1-4H3,(H2,19,20). The molecule has 1 unspecified atom stereocenters. The highest BCUT2D eigenvalue weighted by atomic mass is 16.6. The first-order valence-corrected chi connectivity index (χ1v) is 7.54. The molecule has 0 aliphatic carbocycles. The molecular formula is C18H25NO3. The van der Waals surface area contributed by atoms with Crippen LogP contribution >= 0.6 is 0 Å². The van der Waals surface area contributed by atoms with Crippen LogP contribution in [0.2, 0.25) is 0 Å². The minimum Gasteiger partial charge on any atom is -0.456 e. The van der Waals surface area contributed by atoms with Crippen LogP contribution in [0.1, 0.15) is 67.7 Å². The monoisotopic (exact) mass is 303 g/mol. The van der Waals surface area contributed by atoms with E-state index >= 15 is 0 Å². The second-order valence-corrected chi connectivity index (χ2v) is 5.92. The molecule has 22 heavy (non-hydrogen) atoms. The molecule has 1 rings (SSSR count). The van der Waals surface area contributed by atoms with E-state index in [1.54, 1.807) is 18.2 Å². The van der Waals surface area contributed by atoms with Gasteiger partial charge in [-0.15, -0.1) is 0 Å². The highest BCUT2D eigenvalue weighted by Gasteiger charge is 2.28. The van der Waals surface area contributed by atoms with Crippen molar-refractivity contribution in [3.05, 3.63) is 47.0 Å². The molecule has 1 aromatic rings. The second kappa shape index (κ2) is 7.78. The summed E-state index contributed by atoms with van der Waals surface area (Å²) in [4.78, 5) is 23.8. The van der Waals surface area contributed by atoms with Gasteiger partial charge in [-0.3, -0.25) is 4.79 Å². The number of hydrogen-bond donors (Lipinski definition) is 1. The normalized spacial score (nSPS) is 13.1. The number of carbonyl (C=O) groups excluding carboxylic acids is 2. The first kappa shape index (κ1) is 18.0. The van der Waals surface area contributed by atoms with E-state index in [0.717, 1.165) is 12.8 Å². The van der Waals surface area contributed by atoms with Crippen molar-refractivity contribution in [3.8, 4) is 0 Å². The fourth-order valence-corrected chi connectivity index (χ4v) is 2.12. The predicted molar refractivity (Wildman–Crippen MR) is 87.7 cm³/mol. The van der Waals surface area contributed by atoms with Crippen molar-refractivity contribution in [1.29, 1.82) is 0 Å². The smallest absolute Gasteiger partial charge is 0.339 e. The molecule has 0 fully saturated rings. The summed E-state index contributed by atoms with van der Waals surface area (Å²) in [6.45, 7) is 7.98. The van der Waals surface area contributed by atoms with Gasteiger partial charge < -0.3 is 10.5 Å². The van der Waals surface area contributed by atoms with Crippen molar-refractivity contribution in [1.82, 2.24) is 0 Å². The Labute approximate surface area is 132 Å². The van der Waals surface area contributed by atoms with Gasteiger partial charge in [0, 0.05) is 0 Å². The topological polar surface area (TPSA) is 69.4 Å². The largest absolute Gasteiger partial charge is 0.456 e. The van der Waals surface area contributed by atoms with E-state index in [1.807, 2.05) is 27.7 Å². The number of primary amides is 1. The number of rotatable bonds is 7. The van der Waals surface area contributed by atoms with Crippen LogP contribution in [-0.4, -0.2) is 17.5 Å². The number of nitrogens with two attached hydrogens (primary N) is 1. The van der Waals surface area contributed by atoms with Crippen LogP contribution in [0, 0.1) is 0 Å². The van der Waals surface area contributed by atoms with E-state index in [2.05, 4.69) is 6.08 Å². The summed E-state index contributed by atoms with van der Waals surface area (Å²) in [6.07, 6.45) is 4.41. The van der Waals surface area contributed by atoms with Crippen molar-refractivity contribution in [2.45, 2.75) is 52.6 Å². The van der Waals surface area contributed by atoms with Gasteiger partial charge in [0.1, 0.15) is 5.60 Å². The van der Waals surface area contributed by atoms with Gasteiger partial charge in [0.2, 0.25) is 5.91 Å². The van der Waals surface area contributed by atoms with Crippen LogP contribution in [-0.2, 0) is 4.74 Å². The molecule has 0 heterocycles. The lowest BCUT2D eigenvalue weighted by Crippen LogP contribution is -2.32. The second-order valence-electron chi connectivity index (χ2n) is 5.92. The third kappa shape index (κ3) is 5.02. The molecule has 120 valence electrons. The van der Waals surface area contributed by atoms with Gasteiger partial charge in [-0.25, -0.2) is 4.79 Å². The Morgan fingerprint density at radius 2 is 1.82 bits per heavy atom. The molecule has 0 radical (unpaired) electrons. The Bertz CT molecular complexity index is 573. The summed E-state index contributed by atoms with van der Waals surface area (Å²) < 4.78 is 5.67. The summed E-state index contributed by atoms with van der Waals surface area (Å²) in [6, 6.07) is 6.46. The van der Waals surface area contributed by atoms with Crippen molar-refractivity contribution in [2.24, 2.45) is 5.73 Å². The summed E-state index contributed by atoms with van der Waals surface area (Å²) in [5, 5.41) is 0. The van der Waals surface area contributed by atoms with Gasteiger partial charge in [-0.1, -0.05) is 30.7 Å². The highest BCUT2D eigenvalue weighted by Crippen LogP contribution is 2.25. The third-order valence-corrected chi connectivity index (χ3v) is 3.73. The first-order chi connectivity index (χ1) is 10.3. The molecule has 0 bridgehead atoms. The fourth-order valence-electron chi connectivity index (χ4n) is 2.12. The Kier molecular flexibility index (Phi) is 6.35. The molecule has 4 heteroatoms. The van der Waals surface area contributed by atoms with Gasteiger partial charge in [-0.2, -0.15) is 0 Å². The number of amides is 1. The van der Waals surface area contributed by atoms with Crippen molar-refractivity contribution >= 4 is 11.9 Å². The van der Waals surface area contributed by atoms with Crippen molar-refractivity contribution in [3.63, 3.8) is 0 Å². The molecule has 0 spiro atoms. The Balaban J connectivity index is 2.89. The zero-order valence-corrected chi connectivity index (χ0v) is 13.8. The molecule has 2 N–H and O–H groups in total. The maximum absolute atomic E-state index is 12.4. The van der Waals surface area contributed by atoms with Gasteiger partial charge in [-0.05, 0) is 52.2 Å². The fraction of sp³-hybridized carbons (Fsp3) is 0.444. The van der Waals surface area contributed by atoms with E-state index in [4.69, 9.17) is 10.5 Å². The Morgan fingerprint density at radius 3 is 2.32 bits per heavy atom. The molecule has 0 aromatic heterocycles. The van der Waals surface area contributed by atoms with E-state index in [1.165, 1.54) is 11.6 Å². The Morgan fingerprint density at radius 1 is 1.23 bits per heavy atom. The van der Waals surface area contributed by atoms with E-state index in [0.29, 0.717) is 6.42 Å². The van der Waals surface area contributed by atoms with Crippen LogP contribution in [0.25, 0.3) is 0 Å². The summed E-state index contributed by atoms with van der Waals surface area (Å²) in [7, 11) is 0. The minimum absolute atomic E-state index is 0.190. The average Bonchev–Trinajstić information content (AvgIpc) is 2.46. The minimum atomic E-state index is -0.629. The maximum Gasteiger partial charge on any atom is 0.339 e. The number of ether oxygens (including phenoxy) is 1. The number of benzene rings is 1. The lowest BCUT2D eigenvalue weighted by atomic mass is 9.95. The molecule has 0 saturated carbocycles. The Hall–Kier alpha value is -2.10. The van der Waals surface area contributed by atoms with Gasteiger partial charge in [0.15, 0.2) is 0 Å². The van der Waals surface area contributed by atoms with Crippen LogP contribution in [0.5, 0.6) is 0 Å². The van der Waals surface area contributed by atoms with Crippen LogP contribution < -0.4 is 5.73 Å². The highest BCUT2D eigenvalue weighted by molar-refractivity contribution is 6.04. The van der Waals surface area contributed by atoms with Crippen LogP contribution in [0.4, 0.5) is 0 Å². The van der Waals surface area contributed by atoms with Gasteiger partial charge in [0.25, 0.3) is 0 Å². The van der Waals surface area contributed by atoms with E-state index in [9.17, 15) is 9.59 Å². The summed E-state index contributed by atoms with van der Waals surface area (Å²) >= 11 is 0. The summed E-state index contributed by atoms with van der Waals surface area (Å²) in [5.41, 5.74) is 6.40. The zero-order chi connectivity index (χ0) is 16.8. The number of allylic oxidation sites excluding steroid dienone is 2. The first-order valence-electron chi connectivity index (χ1n) is 7.54. The van der Waals surface area contributed by atoms with E-state index < -0.39 is 17.5 Å². The number of esters is 1. The molecule has 0 aliphatic heterocycles. The van der Waals surface area contributed by atoms with Gasteiger partial charge >= 0.3 is 5.97 Å². The maximum atomic E-state index is 12.4. The molecule has 1 amide bonds. The molecular weight excluding hydrogens is 278 g/mol. The number of hydrogen-bond acceptors (Lipinski definition) is 3. The zero-order valence-electron chi connectivity index (χ0n) is 13.8. The lowest BCUT2D eigenvalue weighted by molar-refractivity contribution is -0.0150. The molecule has 0 saturated heterocycles. The molecule has 0 aliphatic rings. The number of carbonyl (C=O) groups is 2. The SMILES string of the molecule is CCC(C)(CCC=C(C)C)OC(=O)c1ccccc1C(N)=O. The molecule has 4 nitrogen and oxygen atoms in total. The van der Waals surface area contributed by atoms with Gasteiger partial charge in [0.05, 0.1) is 11.1 Å². The molecule has 1 aromatic carbocycles. The third-order valence-electron chi connectivity index (χ3n) is 3.73.